The van der Waals surface area contributed by atoms with Crippen molar-refractivity contribution in [1.82, 2.24) is 0 Å². The van der Waals surface area contributed by atoms with Crippen molar-refractivity contribution in [3.8, 4) is 0 Å². The molecule has 0 rings (SSSR count). The number of allylic oxidation sites excluding steroid dienone is 10. The van der Waals surface area contributed by atoms with Gasteiger partial charge >= 0.3 is 17.9 Å². The molecule has 6 heteroatoms. The van der Waals surface area contributed by atoms with Crippen LogP contribution in [0.1, 0.15) is 374 Å². The summed E-state index contributed by atoms with van der Waals surface area (Å²) in [6.07, 6.45) is 88.3. The third-order valence-electron chi connectivity index (χ3n) is 15.8. The Morgan fingerprint density at radius 3 is 0.762 bits per heavy atom. The summed E-state index contributed by atoms with van der Waals surface area (Å²) in [6, 6.07) is 0. The molecule has 0 saturated carbocycles. The van der Waals surface area contributed by atoms with Crippen LogP contribution in [0.5, 0.6) is 0 Å². The number of rotatable bonds is 65. The van der Waals surface area contributed by atoms with Gasteiger partial charge < -0.3 is 14.2 Å². The van der Waals surface area contributed by atoms with Crippen LogP contribution in [0.25, 0.3) is 0 Å². The van der Waals surface area contributed by atoms with Gasteiger partial charge in [0.25, 0.3) is 0 Å². The average molecular weight is 1120 g/mol. The molecule has 0 aromatic carbocycles. The lowest BCUT2D eigenvalue weighted by atomic mass is 10.0. The number of unbranched alkanes of at least 4 members (excludes halogenated alkanes) is 44. The largest absolute Gasteiger partial charge is 0.462 e. The summed E-state index contributed by atoms with van der Waals surface area (Å²) in [7, 11) is 0. The van der Waals surface area contributed by atoms with Crippen LogP contribution in [-0.4, -0.2) is 37.2 Å². The van der Waals surface area contributed by atoms with Gasteiger partial charge in [0.2, 0.25) is 0 Å². The maximum absolute atomic E-state index is 12.9. The molecule has 0 spiro atoms. The molecule has 0 heterocycles. The molecule has 0 aromatic heterocycles. The van der Waals surface area contributed by atoms with E-state index in [4.69, 9.17) is 14.2 Å². The Kier molecular flexibility index (Phi) is 66.1. The number of esters is 3. The fraction of sp³-hybridized carbons (Fsp3) is 0.824. The van der Waals surface area contributed by atoms with E-state index in [1.165, 1.54) is 238 Å². The zero-order chi connectivity index (χ0) is 57.8. The van der Waals surface area contributed by atoms with Crippen LogP contribution in [0, 0.1) is 0 Å². The molecule has 1 atom stereocenters. The van der Waals surface area contributed by atoms with E-state index in [9.17, 15) is 14.4 Å². The van der Waals surface area contributed by atoms with E-state index in [2.05, 4.69) is 81.5 Å². The highest BCUT2D eigenvalue weighted by Gasteiger charge is 2.19. The molecule has 0 aliphatic carbocycles. The van der Waals surface area contributed by atoms with Crippen LogP contribution in [0.4, 0.5) is 0 Å². The highest BCUT2D eigenvalue weighted by molar-refractivity contribution is 5.71. The van der Waals surface area contributed by atoms with Crippen molar-refractivity contribution < 1.29 is 28.6 Å². The monoisotopic (exact) mass is 1120 g/mol. The highest BCUT2D eigenvalue weighted by Crippen LogP contribution is 2.19. The van der Waals surface area contributed by atoms with Crippen molar-refractivity contribution >= 4 is 17.9 Å². The minimum absolute atomic E-state index is 0.0829. The summed E-state index contributed by atoms with van der Waals surface area (Å²) in [4.78, 5) is 38.4. The van der Waals surface area contributed by atoms with Crippen molar-refractivity contribution in [2.45, 2.75) is 380 Å². The van der Waals surface area contributed by atoms with Crippen molar-refractivity contribution in [2.75, 3.05) is 13.2 Å². The molecular formula is C74H134O6. The molecule has 0 fully saturated rings. The molecule has 1 unspecified atom stereocenters. The fourth-order valence-corrected chi connectivity index (χ4v) is 10.5. The van der Waals surface area contributed by atoms with Crippen LogP contribution in [0.3, 0.4) is 0 Å². The molecule has 0 aliphatic heterocycles. The molecule has 0 aliphatic rings. The normalized spacial score (nSPS) is 12.4. The second-order valence-corrected chi connectivity index (χ2v) is 23.8. The molecule has 466 valence electrons. The Bertz CT molecular complexity index is 1430. The van der Waals surface area contributed by atoms with Gasteiger partial charge in [0, 0.05) is 19.3 Å². The third-order valence-corrected chi connectivity index (χ3v) is 15.8. The summed E-state index contributed by atoms with van der Waals surface area (Å²) in [6.45, 7) is 6.57. The third kappa shape index (κ3) is 65.9. The van der Waals surface area contributed by atoms with Gasteiger partial charge in [-0.1, -0.05) is 351 Å². The highest BCUT2D eigenvalue weighted by atomic mass is 16.6. The Hall–Kier alpha value is -2.89. The van der Waals surface area contributed by atoms with Crippen molar-refractivity contribution in [3.63, 3.8) is 0 Å². The lowest BCUT2D eigenvalue weighted by Gasteiger charge is -2.18. The van der Waals surface area contributed by atoms with E-state index in [0.29, 0.717) is 19.3 Å². The fourth-order valence-electron chi connectivity index (χ4n) is 10.5. The molecule has 80 heavy (non-hydrogen) atoms. The zero-order valence-electron chi connectivity index (χ0n) is 53.6. The van der Waals surface area contributed by atoms with Crippen LogP contribution in [0.2, 0.25) is 0 Å². The smallest absolute Gasteiger partial charge is 0.306 e. The van der Waals surface area contributed by atoms with Crippen LogP contribution in [0.15, 0.2) is 60.8 Å². The molecule has 0 N–H and O–H groups in total. The summed E-state index contributed by atoms with van der Waals surface area (Å²) in [5.41, 5.74) is 0. The van der Waals surface area contributed by atoms with Gasteiger partial charge in [-0.15, -0.1) is 0 Å². The molecular weight excluding hydrogens is 985 g/mol. The van der Waals surface area contributed by atoms with E-state index >= 15 is 0 Å². The number of carbonyl (C=O) groups is 3. The van der Waals surface area contributed by atoms with Gasteiger partial charge in [0.1, 0.15) is 13.2 Å². The number of carbonyl (C=O) groups excluding carboxylic acids is 3. The van der Waals surface area contributed by atoms with Gasteiger partial charge in [-0.3, -0.25) is 14.4 Å². The van der Waals surface area contributed by atoms with E-state index in [1.54, 1.807) is 0 Å². The molecule has 6 nitrogen and oxygen atoms in total. The Morgan fingerprint density at radius 1 is 0.263 bits per heavy atom. The summed E-state index contributed by atoms with van der Waals surface area (Å²) >= 11 is 0. The standard InChI is InChI=1S/C74H134O6/c1-4-7-10-13-16-19-22-25-28-30-32-33-34-35-36-37-38-39-40-42-43-46-49-52-55-58-61-64-67-73(76)79-70-71(69-78-72(75)66-63-60-57-54-51-48-45-27-24-21-18-15-12-9-6-3)80-74(77)68-65-62-59-56-53-50-47-44-41-31-29-26-23-20-17-14-11-8-5-2/h8,11,17,20,26,29,41,44,50,53,71H,4-7,9-10,12-16,18-19,21-25,27-28,30-40,42-43,45-49,51-52,54-70H2,1-3H3/b11-8-,20-17-,29-26-,44-41-,53-50-. The predicted molar refractivity (Wildman–Crippen MR) is 348 cm³/mol. The van der Waals surface area contributed by atoms with E-state index < -0.39 is 6.10 Å². The Balaban J connectivity index is 4.27. The summed E-state index contributed by atoms with van der Waals surface area (Å²) in [5, 5.41) is 0. The van der Waals surface area contributed by atoms with E-state index in [-0.39, 0.29) is 31.1 Å². The first-order valence-corrected chi connectivity index (χ1v) is 35.3. The van der Waals surface area contributed by atoms with E-state index in [0.717, 1.165) is 96.3 Å². The van der Waals surface area contributed by atoms with Crippen LogP contribution in [-0.2, 0) is 28.6 Å². The minimum Gasteiger partial charge on any atom is -0.462 e. The average Bonchev–Trinajstić information content (AvgIpc) is 3.46. The van der Waals surface area contributed by atoms with Crippen molar-refractivity contribution in [3.05, 3.63) is 60.8 Å². The Morgan fingerprint density at radius 2 is 0.487 bits per heavy atom. The van der Waals surface area contributed by atoms with Gasteiger partial charge in [0.05, 0.1) is 0 Å². The van der Waals surface area contributed by atoms with Gasteiger partial charge in [-0.2, -0.15) is 0 Å². The Labute approximate surface area is 498 Å². The maximum atomic E-state index is 12.9. The topological polar surface area (TPSA) is 78.9 Å². The van der Waals surface area contributed by atoms with Gasteiger partial charge in [0.15, 0.2) is 6.10 Å². The molecule has 0 amide bonds. The first-order chi connectivity index (χ1) is 39.5. The molecule has 0 radical (unpaired) electrons. The second-order valence-electron chi connectivity index (χ2n) is 23.8. The van der Waals surface area contributed by atoms with Crippen LogP contribution >= 0.6 is 0 Å². The number of hydrogen-bond acceptors (Lipinski definition) is 6. The first-order valence-electron chi connectivity index (χ1n) is 35.3. The van der Waals surface area contributed by atoms with E-state index in [1.807, 2.05) is 0 Å². The molecule has 0 saturated heterocycles. The number of ether oxygens (including phenoxy) is 3. The van der Waals surface area contributed by atoms with Gasteiger partial charge in [-0.25, -0.2) is 0 Å². The SMILES string of the molecule is CC/C=C\C/C=C\C/C=C\C/C=C\C/C=C\CCCCCC(=O)OC(COC(=O)CCCCCCCCCCCCCCCCC)COC(=O)CCCCCCCCCCCCCCCCCCCCCCCCCCCCCC. The second kappa shape index (κ2) is 68.6. The molecule has 0 aromatic rings. The lowest BCUT2D eigenvalue weighted by molar-refractivity contribution is -0.167. The zero-order valence-corrected chi connectivity index (χ0v) is 53.6. The number of hydrogen-bond donors (Lipinski definition) is 0. The van der Waals surface area contributed by atoms with Gasteiger partial charge in [-0.05, 0) is 64.2 Å². The van der Waals surface area contributed by atoms with Crippen molar-refractivity contribution in [1.29, 1.82) is 0 Å². The summed E-state index contributed by atoms with van der Waals surface area (Å²) in [5.74, 6) is -0.891. The summed E-state index contributed by atoms with van der Waals surface area (Å²) < 4.78 is 17.0. The van der Waals surface area contributed by atoms with Crippen LogP contribution < -0.4 is 0 Å². The first kappa shape index (κ1) is 77.1. The predicted octanol–water partition coefficient (Wildman–Crippen LogP) is 24.3. The van der Waals surface area contributed by atoms with Crippen molar-refractivity contribution in [2.24, 2.45) is 0 Å². The lowest BCUT2D eigenvalue weighted by Crippen LogP contribution is -2.30. The minimum atomic E-state index is -0.790. The quantitative estimate of drug-likeness (QED) is 0.0261. The maximum Gasteiger partial charge on any atom is 0.306 e. The molecule has 0 bridgehead atoms.